The van der Waals surface area contributed by atoms with Crippen molar-refractivity contribution < 1.29 is 4.42 Å². The SMILES string of the molecule is Brc1ccc2ncnc(Nc3ccc(/C=C/c4ccco4)cc3)c2c1. The van der Waals surface area contributed by atoms with Crippen molar-refractivity contribution in [1.29, 1.82) is 0 Å². The number of benzene rings is 2. The molecule has 0 saturated carbocycles. The molecular formula is C20H14BrN3O. The highest BCUT2D eigenvalue weighted by Gasteiger charge is 2.04. The Morgan fingerprint density at radius 3 is 2.64 bits per heavy atom. The van der Waals surface area contributed by atoms with Gasteiger partial charge < -0.3 is 9.73 Å². The van der Waals surface area contributed by atoms with Crippen LogP contribution in [0.25, 0.3) is 23.1 Å². The third-order valence-corrected chi connectivity index (χ3v) is 4.25. The Balaban J connectivity index is 1.56. The molecule has 0 radical (unpaired) electrons. The highest BCUT2D eigenvalue weighted by molar-refractivity contribution is 9.10. The molecule has 0 atom stereocenters. The lowest BCUT2D eigenvalue weighted by Gasteiger charge is -2.09. The second-order valence-corrected chi connectivity index (χ2v) is 6.40. The standard InChI is InChI=1S/C20H14BrN3O/c21-15-6-10-19-18(12-15)20(23-13-22-19)24-16-7-3-14(4-8-16)5-9-17-2-1-11-25-17/h1-13H,(H,22,23,24)/b9-5+. The normalized spacial score (nSPS) is 11.2. The molecule has 5 heteroatoms. The van der Waals surface area contributed by atoms with Gasteiger partial charge in [0, 0.05) is 15.5 Å². The number of rotatable bonds is 4. The summed E-state index contributed by atoms with van der Waals surface area (Å²) in [6.45, 7) is 0. The highest BCUT2D eigenvalue weighted by Crippen LogP contribution is 2.26. The second-order valence-electron chi connectivity index (χ2n) is 5.48. The molecule has 0 amide bonds. The van der Waals surface area contributed by atoms with E-state index in [1.165, 1.54) is 0 Å². The van der Waals surface area contributed by atoms with Crippen LogP contribution in [0.15, 0.2) is 76.1 Å². The largest absolute Gasteiger partial charge is 0.465 e. The lowest BCUT2D eigenvalue weighted by Crippen LogP contribution is -1.96. The summed E-state index contributed by atoms with van der Waals surface area (Å²) in [6.07, 6.45) is 7.19. The van der Waals surface area contributed by atoms with Gasteiger partial charge in [-0.2, -0.15) is 0 Å². The van der Waals surface area contributed by atoms with E-state index in [1.54, 1.807) is 12.6 Å². The summed E-state index contributed by atoms with van der Waals surface area (Å²) in [7, 11) is 0. The van der Waals surface area contributed by atoms with Gasteiger partial charge in [0.25, 0.3) is 0 Å². The van der Waals surface area contributed by atoms with Crippen LogP contribution in [-0.2, 0) is 0 Å². The van der Waals surface area contributed by atoms with E-state index in [2.05, 4.69) is 31.2 Å². The first kappa shape index (κ1) is 15.6. The van der Waals surface area contributed by atoms with Crippen LogP contribution in [0.2, 0.25) is 0 Å². The van der Waals surface area contributed by atoms with Crippen molar-refractivity contribution in [2.24, 2.45) is 0 Å². The molecule has 2 aromatic heterocycles. The number of nitrogens with zero attached hydrogens (tertiary/aromatic N) is 2. The van der Waals surface area contributed by atoms with Crippen LogP contribution in [0.3, 0.4) is 0 Å². The van der Waals surface area contributed by atoms with Crippen LogP contribution in [0, 0.1) is 0 Å². The zero-order valence-corrected chi connectivity index (χ0v) is 14.8. The summed E-state index contributed by atoms with van der Waals surface area (Å²) in [5, 5.41) is 4.33. The van der Waals surface area contributed by atoms with Gasteiger partial charge in [0.05, 0.1) is 11.8 Å². The monoisotopic (exact) mass is 391 g/mol. The van der Waals surface area contributed by atoms with Gasteiger partial charge in [-0.25, -0.2) is 9.97 Å². The molecule has 0 unspecified atom stereocenters. The van der Waals surface area contributed by atoms with E-state index in [4.69, 9.17) is 4.42 Å². The Hall–Kier alpha value is -2.92. The van der Waals surface area contributed by atoms with Crippen molar-refractivity contribution in [2.75, 3.05) is 5.32 Å². The lowest BCUT2D eigenvalue weighted by atomic mass is 10.1. The van der Waals surface area contributed by atoms with Crippen LogP contribution in [0.5, 0.6) is 0 Å². The molecule has 0 fully saturated rings. The summed E-state index contributed by atoms with van der Waals surface area (Å²) in [5.41, 5.74) is 2.96. The van der Waals surface area contributed by atoms with E-state index in [0.29, 0.717) is 0 Å². The highest BCUT2D eigenvalue weighted by atomic mass is 79.9. The van der Waals surface area contributed by atoms with Crippen LogP contribution in [0.1, 0.15) is 11.3 Å². The Morgan fingerprint density at radius 1 is 0.960 bits per heavy atom. The van der Waals surface area contributed by atoms with E-state index in [1.807, 2.05) is 66.7 Å². The van der Waals surface area contributed by atoms with Crippen LogP contribution < -0.4 is 5.32 Å². The number of furan rings is 1. The zero-order valence-electron chi connectivity index (χ0n) is 13.2. The van der Waals surface area contributed by atoms with E-state index in [-0.39, 0.29) is 0 Å². The van der Waals surface area contributed by atoms with E-state index < -0.39 is 0 Å². The third kappa shape index (κ3) is 3.61. The van der Waals surface area contributed by atoms with Gasteiger partial charge in [-0.05, 0) is 54.1 Å². The minimum absolute atomic E-state index is 0.783. The summed E-state index contributed by atoms with van der Waals surface area (Å²) in [5.74, 6) is 1.62. The maximum absolute atomic E-state index is 5.29. The molecule has 2 aromatic carbocycles. The molecule has 4 nitrogen and oxygen atoms in total. The van der Waals surface area contributed by atoms with Crippen molar-refractivity contribution in [3.63, 3.8) is 0 Å². The van der Waals surface area contributed by atoms with Gasteiger partial charge in [-0.1, -0.05) is 34.1 Å². The number of anilines is 2. The summed E-state index contributed by atoms with van der Waals surface area (Å²) < 4.78 is 6.29. The van der Waals surface area contributed by atoms with Crippen molar-refractivity contribution in [3.8, 4) is 0 Å². The first-order valence-electron chi connectivity index (χ1n) is 7.77. The lowest BCUT2D eigenvalue weighted by molar-refractivity contribution is 0.557. The predicted octanol–water partition coefficient (Wildman–Crippen LogP) is 5.90. The molecule has 0 spiro atoms. The number of hydrogen-bond donors (Lipinski definition) is 1. The second kappa shape index (κ2) is 6.91. The number of halogens is 1. The van der Waals surface area contributed by atoms with E-state index in [0.717, 1.165) is 38.2 Å². The van der Waals surface area contributed by atoms with Crippen LogP contribution in [-0.4, -0.2) is 9.97 Å². The molecule has 0 bridgehead atoms. The fourth-order valence-electron chi connectivity index (χ4n) is 2.51. The molecular weight excluding hydrogens is 378 g/mol. The van der Waals surface area contributed by atoms with Gasteiger partial charge in [-0.15, -0.1) is 0 Å². The molecule has 1 N–H and O–H groups in total. The number of nitrogens with one attached hydrogen (secondary N) is 1. The first-order valence-corrected chi connectivity index (χ1v) is 8.56. The van der Waals surface area contributed by atoms with Crippen molar-refractivity contribution in [1.82, 2.24) is 9.97 Å². The maximum Gasteiger partial charge on any atom is 0.141 e. The van der Waals surface area contributed by atoms with Crippen LogP contribution in [0.4, 0.5) is 11.5 Å². The number of hydrogen-bond acceptors (Lipinski definition) is 4. The van der Waals surface area contributed by atoms with Gasteiger partial charge in [0.15, 0.2) is 0 Å². The Morgan fingerprint density at radius 2 is 1.84 bits per heavy atom. The average molecular weight is 392 g/mol. The molecule has 25 heavy (non-hydrogen) atoms. The predicted molar refractivity (Wildman–Crippen MR) is 105 cm³/mol. The minimum atomic E-state index is 0.783. The van der Waals surface area contributed by atoms with Crippen molar-refractivity contribution >= 4 is 50.5 Å². The molecule has 4 rings (SSSR count). The number of fused-ring (bicyclic) bond motifs is 1. The quantitative estimate of drug-likeness (QED) is 0.470. The van der Waals surface area contributed by atoms with Crippen molar-refractivity contribution in [2.45, 2.75) is 0 Å². The Labute approximate surface area is 153 Å². The molecule has 0 aliphatic carbocycles. The fourth-order valence-corrected chi connectivity index (χ4v) is 2.87. The van der Waals surface area contributed by atoms with Gasteiger partial charge >= 0.3 is 0 Å². The van der Waals surface area contributed by atoms with Crippen molar-refractivity contribution in [3.05, 3.63) is 83.0 Å². The molecule has 2 heterocycles. The summed E-state index contributed by atoms with van der Waals surface area (Å²) in [4.78, 5) is 8.66. The van der Waals surface area contributed by atoms with Gasteiger partial charge in [0.2, 0.25) is 0 Å². The molecule has 0 aliphatic rings. The molecule has 122 valence electrons. The molecule has 0 saturated heterocycles. The van der Waals surface area contributed by atoms with E-state index in [9.17, 15) is 0 Å². The van der Waals surface area contributed by atoms with Crippen LogP contribution >= 0.6 is 15.9 Å². The molecule has 0 aliphatic heterocycles. The Bertz CT molecular complexity index is 1020. The Kier molecular flexibility index (Phi) is 4.31. The third-order valence-electron chi connectivity index (χ3n) is 3.75. The van der Waals surface area contributed by atoms with E-state index >= 15 is 0 Å². The van der Waals surface area contributed by atoms with Gasteiger partial charge in [0.1, 0.15) is 17.9 Å². The topological polar surface area (TPSA) is 51.0 Å². The zero-order chi connectivity index (χ0) is 17.1. The fraction of sp³-hybridized carbons (Fsp3) is 0. The average Bonchev–Trinajstić information content (AvgIpc) is 3.15. The molecule has 4 aromatic rings. The number of aromatic nitrogens is 2. The minimum Gasteiger partial charge on any atom is -0.465 e. The maximum atomic E-state index is 5.29. The first-order chi connectivity index (χ1) is 12.3. The summed E-state index contributed by atoms with van der Waals surface area (Å²) in [6, 6.07) is 17.9. The smallest absolute Gasteiger partial charge is 0.141 e. The summed E-state index contributed by atoms with van der Waals surface area (Å²) >= 11 is 3.50. The van der Waals surface area contributed by atoms with Gasteiger partial charge in [-0.3, -0.25) is 0 Å².